The normalized spacial score (nSPS) is 22.0. The van der Waals surface area contributed by atoms with E-state index in [1.54, 1.807) is 4.90 Å². The van der Waals surface area contributed by atoms with Crippen molar-refractivity contribution in [2.45, 2.75) is 26.3 Å². The van der Waals surface area contributed by atoms with Gasteiger partial charge in [0, 0.05) is 17.4 Å². The Morgan fingerprint density at radius 1 is 1.62 bits per heavy atom. The predicted octanol–water partition coefficient (Wildman–Crippen LogP) is 1.27. The van der Waals surface area contributed by atoms with E-state index in [1.807, 2.05) is 13.8 Å². The van der Waals surface area contributed by atoms with Gasteiger partial charge in [0.15, 0.2) is 0 Å². The zero-order valence-corrected chi connectivity index (χ0v) is 11.2. The van der Waals surface area contributed by atoms with Crippen LogP contribution in [0.3, 0.4) is 0 Å². The Hall–Kier alpha value is -0.840. The van der Waals surface area contributed by atoms with Gasteiger partial charge in [-0.15, -0.1) is 0 Å². The molecule has 0 bridgehead atoms. The van der Waals surface area contributed by atoms with Gasteiger partial charge in [-0.1, -0.05) is 36.4 Å². The van der Waals surface area contributed by atoms with E-state index in [0.29, 0.717) is 19.5 Å². The molecule has 0 spiro atoms. The van der Waals surface area contributed by atoms with Crippen LogP contribution in [0.15, 0.2) is 11.1 Å². The Morgan fingerprint density at radius 3 is 2.75 bits per heavy atom. The average molecular weight is 289 g/mol. The molecule has 16 heavy (non-hydrogen) atoms. The largest absolute Gasteiger partial charge is 0.344 e. The second kappa shape index (κ2) is 5.48. The molecule has 1 rings (SSSR count). The monoisotopic (exact) mass is 288 g/mol. The molecule has 1 aliphatic rings. The summed E-state index contributed by atoms with van der Waals surface area (Å²) in [6.07, 6.45) is 0.356. The molecular weight excluding hydrogens is 272 g/mol. The van der Waals surface area contributed by atoms with Crippen molar-refractivity contribution in [2.75, 3.05) is 13.1 Å². The summed E-state index contributed by atoms with van der Waals surface area (Å²) in [4.78, 5) is 25.2. The molecule has 0 aromatic carbocycles. The summed E-state index contributed by atoms with van der Waals surface area (Å²) in [7, 11) is 0. The van der Waals surface area contributed by atoms with Gasteiger partial charge < -0.3 is 10.2 Å². The highest BCUT2D eigenvalue weighted by Crippen LogP contribution is 2.13. The Balaban J connectivity index is 2.82. The van der Waals surface area contributed by atoms with Crippen molar-refractivity contribution in [1.29, 1.82) is 0 Å². The lowest BCUT2D eigenvalue weighted by Crippen LogP contribution is -2.47. The van der Waals surface area contributed by atoms with Gasteiger partial charge in [-0.05, 0) is 5.92 Å². The minimum absolute atomic E-state index is 0.0264. The number of carbonyl (C=O) groups excluding carboxylic acids is 2. The minimum Gasteiger partial charge on any atom is -0.344 e. The van der Waals surface area contributed by atoms with E-state index >= 15 is 0 Å². The number of nitrogens with zero attached hydrogens (tertiary/aromatic N) is 1. The Kier molecular flexibility index (Phi) is 4.53. The van der Waals surface area contributed by atoms with E-state index < -0.39 is 6.04 Å². The van der Waals surface area contributed by atoms with E-state index in [0.717, 1.165) is 4.48 Å². The van der Waals surface area contributed by atoms with Crippen LogP contribution >= 0.6 is 15.9 Å². The highest BCUT2D eigenvalue weighted by Gasteiger charge is 2.31. The van der Waals surface area contributed by atoms with Crippen LogP contribution in [-0.4, -0.2) is 35.8 Å². The first kappa shape index (κ1) is 13.2. The molecule has 0 aromatic heterocycles. The lowest BCUT2D eigenvalue weighted by molar-refractivity contribution is -0.134. The summed E-state index contributed by atoms with van der Waals surface area (Å²) in [5.41, 5.74) is 0. The summed E-state index contributed by atoms with van der Waals surface area (Å²) in [6.45, 7) is 8.48. The van der Waals surface area contributed by atoms with Crippen LogP contribution in [0.25, 0.3) is 0 Å². The highest BCUT2D eigenvalue weighted by molar-refractivity contribution is 9.11. The third kappa shape index (κ3) is 3.33. The lowest BCUT2D eigenvalue weighted by atomic mass is 10.0. The Bertz CT molecular complexity index is 315. The fraction of sp³-hybridized carbons (Fsp3) is 0.636. The molecule has 90 valence electrons. The van der Waals surface area contributed by atoms with Gasteiger partial charge in [0.25, 0.3) is 0 Å². The first-order chi connectivity index (χ1) is 7.41. The minimum atomic E-state index is -0.415. The summed E-state index contributed by atoms with van der Waals surface area (Å²) < 4.78 is 0.748. The maximum Gasteiger partial charge on any atom is 0.245 e. The van der Waals surface area contributed by atoms with Crippen LogP contribution in [0, 0.1) is 5.92 Å². The second-order valence-electron chi connectivity index (χ2n) is 4.32. The molecule has 1 heterocycles. The first-order valence-corrected chi connectivity index (χ1v) is 6.12. The summed E-state index contributed by atoms with van der Waals surface area (Å²) in [5, 5.41) is 2.76. The van der Waals surface area contributed by atoms with Crippen molar-refractivity contribution in [1.82, 2.24) is 10.2 Å². The number of nitrogens with one attached hydrogen (secondary N) is 1. The second-order valence-corrected chi connectivity index (χ2v) is 5.44. The molecule has 1 fully saturated rings. The molecular formula is C11H17BrN2O2. The quantitative estimate of drug-likeness (QED) is 0.850. The van der Waals surface area contributed by atoms with Gasteiger partial charge in [-0.2, -0.15) is 0 Å². The first-order valence-electron chi connectivity index (χ1n) is 5.33. The fourth-order valence-electron chi connectivity index (χ4n) is 1.67. The van der Waals surface area contributed by atoms with Crippen molar-refractivity contribution in [3.8, 4) is 0 Å². The molecule has 4 nitrogen and oxygen atoms in total. The number of rotatable bonds is 3. The van der Waals surface area contributed by atoms with Crippen molar-refractivity contribution in [2.24, 2.45) is 5.92 Å². The van der Waals surface area contributed by atoms with Crippen molar-refractivity contribution < 1.29 is 9.59 Å². The zero-order chi connectivity index (χ0) is 12.3. The molecule has 1 saturated heterocycles. The summed E-state index contributed by atoms with van der Waals surface area (Å²) in [5.74, 6) is 0.0109. The number of halogens is 1. The molecule has 1 N–H and O–H groups in total. The topological polar surface area (TPSA) is 49.4 Å². The standard InChI is InChI=1S/C11H17BrN2O2/c1-7(2)10-11(16)14(6-8(3)12)5-4-9(15)13-10/h7,10H,3-6H2,1-2H3,(H,13,15). The van der Waals surface area contributed by atoms with Crippen molar-refractivity contribution in [3.05, 3.63) is 11.1 Å². The van der Waals surface area contributed by atoms with Crippen LogP contribution in [-0.2, 0) is 9.59 Å². The van der Waals surface area contributed by atoms with Crippen molar-refractivity contribution >= 4 is 27.7 Å². The maximum absolute atomic E-state index is 12.1. The Morgan fingerprint density at radius 2 is 2.25 bits per heavy atom. The van der Waals surface area contributed by atoms with Gasteiger partial charge in [-0.25, -0.2) is 0 Å². The molecule has 1 unspecified atom stereocenters. The summed E-state index contributed by atoms with van der Waals surface area (Å²) in [6, 6.07) is -0.415. The van der Waals surface area contributed by atoms with E-state index in [4.69, 9.17) is 0 Å². The molecule has 0 radical (unpaired) electrons. The predicted molar refractivity (Wildman–Crippen MR) is 66.0 cm³/mol. The third-order valence-corrected chi connectivity index (χ3v) is 2.78. The van der Waals surface area contributed by atoms with Crippen LogP contribution < -0.4 is 5.32 Å². The molecule has 2 amide bonds. The Labute approximate surface area is 104 Å². The average Bonchev–Trinajstić information content (AvgIpc) is 2.30. The molecule has 5 heteroatoms. The maximum atomic E-state index is 12.1. The van der Waals surface area contributed by atoms with Gasteiger partial charge >= 0.3 is 0 Å². The number of hydrogen-bond acceptors (Lipinski definition) is 2. The fourth-order valence-corrected chi connectivity index (χ4v) is 1.97. The summed E-state index contributed by atoms with van der Waals surface area (Å²) >= 11 is 3.24. The number of carbonyl (C=O) groups is 2. The van der Waals surface area contributed by atoms with E-state index in [2.05, 4.69) is 27.8 Å². The van der Waals surface area contributed by atoms with Crippen LogP contribution in [0.1, 0.15) is 20.3 Å². The molecule has 1 aliphatic heterocycles. The zero-order valence-electron chi connectivity index (χ0n) is 9.62. The number of hydrogen-bond donors (Lipinski definition) is 1. The van der Waals surface area contributed by atoms with E-state index in [9.17, 15) is 9.59 Å². The molecule has 0 aromatic rings. The lowest BCUT2D eigenvalue weighted by Gasteiger charge is -2.25. The number of amides is 2. The van der Waals surface area contributed by atoms with Crippen LogP contribution in [0.4, 0.5) is 0 Å². The molecule has 0 aliphatic carbocycles. The van der Waals surface area contributed by atoms with E-state index in [-0.39, 0.29) is 17.7 Å². The SMILES string of the molecule is C=C(Br)CN1CCC(=O)NC(C(C)C)C1=O. The smallest absolute Gasteiger partial charge is 0.245 e. The van der Waals surface area contributed by atoms with Gasteiger partial charge in [-0.3, -0.25) is 9.59 Å². The van der Waals surface area contributed by atoms with Crippen LogP contribution in [0.5, 0.6) is 0 Å². The molecule has 0 saturated carbocycles. The molecule has 1 atom stereocenters. The highest BCUT2D eigenvalue weighted by atomic mass is 79.9. The van der Waals surface area contributed by atoms with Gasteiger partial charge in [0.05, 0.1) is 6.54 Å². The third-order valence-electron chi connectivity index (χ3n) is 2.53. The van der Waals surface area contributed by atoms with Gasteiger partial charge in [0.2, 0.25) is 11.8 Å². The van der Waals surface area contributed by atoms with Gasteiger partial charge in [0.1, 0.15) is 6.04 Å². The van der Waals surface area contributed by atoms with Crippen LogP contribution in [0.2, 0.25) is 0 Å². The van der Waals surface area contributed by atoms with Crippen molar-refractivity contribution in [3.63, 3.8) is 0 Å². The van der Waals surface area contributed by atoms with E-state index in [1.165, 1.54) is 0 Å².